The van der Waals surface area contributed by atoms with E-state index in [1.807, 2.05) is 28.7 Å². The molecule has 4 aromatic rings. The first-order valence-electron chi connectivity index (χ1n) is 7.29. The fourth-order valence-corrected chi connectivity index (χ4v) is 3.39. The van der Waals surface area contributed by atoms with Crippen molar-refractivity contribution in [2.24, 2.45) is 0 Å². The summed E-state index contributed by atoms with van der Waals surface area (Å²) in [6.45, 7) is 0. The van der Waals surface area contributed by atoms with Crippen LogP contribution in [0, 0.1) is 0 Å². The molecule has 0 aliphatic heterocycles. The number of hydrogen-bond acceptors (Lipinski definition) is 4. The third-order valence-electron chi connectivity index (χ3n) is 3.53. The lowest BCUT2D eigenvalue weighted by Crippen LogP contribution is -2.16. The molecule has 25 heavy (non-hydrogen) atoms. The van der Waals surface area contributed by atoms with E-state index in [-0.39, 0.29) is 5.75 Å². The minimum Gasteiger partial charge on any atom is -0.406 e. The van der Waals surface area contributed by atoms with Gasteiger partial charge in [0.2, 0.25) is 5.78 Å². The van der Waals surface area contributed by atoms with E-state index in [9.17, 15) is 13.2 Å². The lowest BCUT2D eigenvalue weighted by atomic mass is 10.2. The lowest BCUT2D eigenvalue weighted by Gasteiger charge is -2.09. The van der Waals surface area contributed by atoms with Crippen LogP contribution in [0.5, 0.6) is 5.75 Å². The number of nitrogens with zero attached hydrogens (tertiary/aromatic N) is 3. The Labute approximate surface area is 143 Å². The number of fused-ring (bicyclic) bond motifs is 3. The Hall–Kier alpha value is -2.68. The van der Waals surface area contributed by atoms with Crippen LogP contribution in [0.15, 0.2) is 53.7 Å². The Kier molecular flexibility index (Phi) is 3.79. The predicted octanol–water partition coefficient (Wildman–Crippen LogP) is 4.40. The van der Waals surface area contributed by atoms with Gasteiger partial charge in [-0.05, 0) is 29.8 Å². The molecular weight excluding hydrogens is 353 g/mol. The van der Waals surface area contributed by atoms with E-state index in [2.05, 4.69) is 19.9 Å². The molecule has 2 aromatic heterocycles. The molecule has 0 saturated carbocycles. The maximum Gasteiger partial charge on any atom is 0.573 e. The van der Waals surface area contributed by atoms with Crippen LogP contribution in [0.25, 0.3) is 16.8 Å². The quantitative estimate of drug-likeness (QED) is 0.545. The number of aromatic amines is 1. The third kappa shape index (κ3) is 3.27. The number of hydrogen-bond donors (Lipinski definition) is 1. The molecule has 0 fully saturated rings. The topological polar surface area (TPSA) is 55.2 Å². The van der Waals surface area contributed by atoms with E-state index < -0.39 is 6.36 Å². The molecule has 0 unspecified atom stereocenters. The molecule has 0 bridgehead atoms. The zero-order chi connectivity index (χ0) is 17.4. The number of H-pyrrole nitrogens is 1. The number of aromatic nitrogens is 4. The molecule has 2 heterocycles. The fourth-order valence-electron chi connectivity index (χ4n) is 2.47. The number of ether oxygens (including phenoxy) is 1. The van der Waals surface area contributed by atoms with Gasteiger partial charge in [0.1, 0.15) is 5.75 Å². The minimum absolute atomic E-state index is 0.232. The molecule has 1 N–H and O–H groups in total. The molecule has 0 radical (unpaired) electrons. The summed E-state index contributed by atoms with van der Waals surface area (Å²) in [5.74, 6) is 0.973. The first kappa shape index (κ1) is 15.8. The molecule has 0 aliphatic carbocycles. The maximum atomic E-state index is 12.2. The van der Waals surface area contributed by atoms with Crippen molar-refractivity contribution in [3.8, 4) is 5.75 Å². The minimum atomic E-state index is -4.68. The SMILES string of the molecule is FC(F)(F)Oc1ccc(CSc2n[nH]c3nc4ccccc4n23)cc1. The monoisotopic (exact) mass is 364 g/mol. The first-order valence-corrected chi connectivity index (χ1v) is 8.27. The molecule has 9 heteroatoms. The standard InChI is InChI=1S/C16H11F3N4OS/c17-16(18,19)24-11-7-5-10(6-8-11)9-25-15-22-21-14-20-12-3-1-2-4-13(12)23(14)15/h1-8H,9H2,(H,20,21). The van der Waals surface area contributed by atoms with Crippen molar-refractivity contribution in [3.05, 3.63) is 54.1 Å². The number of imidazole rings is 1. The molecule has 2 aromatic carbocycles. The van der Waals surface area contributed by atoms with Crippen molar-refractivity contribution in [3.63, 3.8) is 0 Å². The summed E-state index contributed by atoms with van der Waals surface area (Å²) in [6, 6.07) is 13.5. The van der Waals surface area contributed by atoms with Crippen molar-refractivity contribution in [1.29, 1.82) is 0 Å². The van der Waals surface area contributed by atoms with Crippen molar-refractivity contribution in [1.82, 2.24) is 19.6 Å². The van der Waals surface area contributed by atoms with Crippen LogP contribution in [-0.2, 0) is 5.75 Å². The molecule has 0 aliphatic rings. The number of rotatable bonds is 4. The van der Waals surface area contributed by atoms with Crippen LogP contribution in [0.2, 0.25) is 0 Å². The van der Waals surface area contributed by atoms with Crippen LogP contribution >= 0.6 is 11.8 Å². The average molecular weight is 364 g/mol. The Morgan fingerprint density at radius 2 is 1.84 bits per heavy atom. The van der Waals surface area contributed by atoms with Gasteiger partial charge in [0, 0.05) is 5.75 Å². The van der Waals surface area contributed by atoms with E-state index in [0.29, 0.717) is 11.5 Å². The zero-order valence-corrected chi connectivity index (χ0v) is 13.4. The normalized spacial score (nSPS) is 12.1. The molecule has 0 saturated heterocycles. The second-order valence-electron chi connectivity index (χ2n) is 5.25. The number of para-hydroxylation sites is 2. The predicted molar refractivity (Wildman–Crippen MR) is 87.5 cm³/mol. The highest BCUT2D eigenvalue weighted by Gasteiger charge is 2.30. The zero-order valence-electron chi connectivity index (χ0n) is 12.6. The van der Waals surface area contributed by atoms with Gasteiger partial charge in [-0.25, -0.2) is 10.1 Å². The summed E-state index contributed by atoms with van der Waals surface area (Å²) in [6.07, 6.45) is -4.68. The fraction of sp³-hybridized carbons (Fsp3) is 0.125. The van der Waals surface area contributed by atoms with Gasteiger partial charge in [-0.3, -0.25) is 4.40 Å². The Morgan fingerprint density at radius 1 is 1.08 bits per heavy atom. The number of nitrogens with one attached hydrogen (secondary N) is 1. The summed E-state index contributed by atoms with van der Waals surface area (Å²) < 4.78 is 42.3. The number of halogens is 3. The number of benzene rings is 2. The first-order chi connectivity index (χ1) is 12.0. The maximum absolute atomic E-state index is 12.2. The highest BCUT2D eigenvalue weighted by atomic mass is 32.2. The van der Waals surface area contributed by atoms with Crippen molar-refractivity contribution in [2.45, 2.75) is 17.3 Å². The number of thioether (sulfide) groups is 1. The second kappa shape index (κ2) is 5.99. The van der Waals surface area contributed by atoms with E-state index >= 15 is 0 Å². The summed E-state index contributed by atoms with van der Waals surface area (Å²) in [4.78, 5) is 4.45. The van der Waals surface area contributed by atoms with Gasteiger partial charge in [-0.15, -0.1) is 18.3 Å². The van der Waals surface area contributed by atoms with Gasteiger partial charge in [0.25, 0.3) is 0 Å². The van der Waals surface area contributed by atoms with E-state index in [1.54, 1.807) is 12.1 Å². The summed E-state index contributed by atoms with van der Waals surface area (Å²) in [5, 5.41) is 7.87. The van der Waals surface area contributed by atoms with Crippen LogP contribution in [0.3, 0.4) is 0 Å². The summed E-state index contributed by atoms with van der Waals surface area (Å²) in [5.41, 5.74) is 2.68. The van der Waals surface area contributed by atoms with E-state index in [0.717, 1.165) is 21.8 Å². The Bertz CT molecular complexity index is 1020. The molecule has 0 spiro atoms. The van der Waals surface area contributed by atoms with Crippen LogP contribution < -0.4 is 4.74 Å². The van der Waals surface area contributed by atoms with Gasteiger partial charge >= 0.3 is 6.36 Å². The molecule has 4 rings (SSSR count). The van der Waals surface area contributed by atoms with Gasteiger partial charge in [0.15, 0.2) is 5.16 Å². The molecule has 5 nitrogen and oxygen atoms in total. The number of alkyl halides is 3. The Balaban J connectivity index is 1.52. The summed E-state index contributed by atoms with van der Waals surface area (Å²) >= 11 is 1.47. The molecule has 0 amide bonds. The van der Waals surface area contributed by atoms with Crippen LogP contribution in [0.4, 0.5) is 13.2 Å². The van der Waals surface area contributed by atoms with Crippen molar-refractivity contribution in [2.75, 3.05) is 0 Å². The highest BCUT2D eigenvalue weighted by Crippen LogP contribution is 2.27. The van der Waals surface area contributed by atoms with Gasteiger partial charge in [-0.2, -0.15) is 0 Å². The molecule has 0 atom stereocenters. The smallest absolute Gasteiger partial charge is 0.406 e. The van der Waals surface area contributed by atoms with Crippen molar-refractivity contribution < 1.29 is 17.9 Å². The molecule has 128 valence electrons. The molecular formula is C16H11F3N4OS. The van der Waals surface area contributed by atoms with Gasteiger partial charge in [-0.1, -0.05) is 36.0 Å². The largest absolute Gasteiger partial charge is 0.573 e. The van der Waals surface area contributed by atoms with E-state index in [1.165, 1.54) is 23.9 Å². The van der Waals surface area contributed by atoms with Crippen LogP contribution in [0.1, 0.15) is 5.56 Å². The Morgan fingerprint density at radius 3 is 2.60 bits per heavy atom. The van der Waals surface area contributed by atoms with Gasteiger partial charge < -0.3 is 4.74 Å². The second-order valence-corrected chi connectivity index (χ2v) is 6.19. The van der Waals surface area contributed by atoms with E-state index in [4.69, 9.17) is 0 Å². The lowest BCUT2D eigenvalue weighted by molar-refractivity contribution is -0.274. The highest BCUT2D eigenvalue weighted by molar-refractivity contribution is 7.98. The third-order valence-corrected chi connectivity index (χ3v) is 4.54. The van der Waals surface area contributed by atoms with Gasteiger partial charge in [0.05, 0.1) is 11.0 Å². The average Bonchev–Trinajstić information content (AvgIpc) is 3.12. The van der Waals surface area contributed by atoms with Crippen molar-refractivity contribution >= 4 is 28.6 Å². The summed E-state index contributed by atoms with van der Waals surface area (Å²) in [7, 11) is 0. The van der Waals surface area contributed by atoms with Crippen LogP contribution in [-0.4, -0.2) is 25.9 Å².